The number of rotatable bonds is 11. The Balaban J connectivity index is 2.00. The molecule has 1 aromatic carbocycles. The first-order valence-electron chi connectivity index (χ1n) is 11.1. The SMILES string of the molecule is CCOC(=O)CN(Cc1ccccc1)c1ncnc(N2CCCC2C(=O)NCC(N)=O)c1[N+](=O)[O-]. The Bertz CT molecular complexity index is 1080. The number of anilines is 2. The molecule has 0 aliphatic carbocycles. The van der Waals surface area contributed by atoms with Gasteiger partial charge in [-0.1, -0.05) is 30.3 Å². The molecule has 3 rings (SSSR count). The zero-order chi connectivity index (χ0) is 25.4. The summed E-state index contributed by atoms with van der Waals surface area (Å²) in [6.45, 7) is 1.70. The van der Waals surface area contributed by atoms with Crippen LogP contribution in [0.3, 0.4) is 0 Å². The summed E-state index contributed by atoms with van der Waals surface area (Å²) in [5.74, 6) is -1.86. The first kappa shape index (κ1) is 25.3. The molecule has 1 atom stereocenters. The lowest BCUT2D eigenvalue weighted by Gasteiger charge is -2.27. The molecule has 0 saturated carbocycles. The summed E-state index contributed by atoms with van der Waals surface area (Å²) in [6, 6.07) is 8.34. The third kappa shape index (κ3) is 6.40. The molecule has 0 radical (unpaired) electrons. The van der Waals surface area contributed by atoms with Gasteiger partial charge in [-0.05, 0) is 25.3 Å². The van der Waals surface area contributed by atoms with Crippen molar-refractivity contribution in [1.82, 2.24) is 15.3 Å². The van der Waals surface area contributed by atoms with Gasteiger partial charge in [0.1, 0.15) is 18.9 Å². The van der Waals surface area contributed by atoms with Crippen LogP contribution in [0.2, 0.25) is 0 Å². The van der Waals surface area contributed by atoms with Gasteiger partial charge in [0, 0.05) is 13.1 Å². The van der Waals surface area contributed by atoms with Crippen molar-refractivity contribution in [3.8, 4) is 0 Å². The first-order chi connectivity index (χ1) is 16.8. The number of ether oxygens (including phenoxy) is 1. The van der Waals surface area contributed by atoms with E-state index in [-0.39, 0.29) is 37.9 Å². The van der Waals surface area contributed by atoms with Gasteiger partial charge >= 0.3 is 11.7 Å². The molecule has 186 valence electrons. The van der Waals surface area contributed by atoms with E-state index in [9.17, 15) is 24.5 Å². The maximum absolute atomic E-state index is 12.6. The van der Waals surface area contributed by atoms with E-state index in [1.165, 1.54) is 9.80 Å². The predicted octanol–water partition coefficient (Wildman–Crippen LogP) is 0.525. The number of primary amides is 1. The summed E-state index contributed by atoms with van der Waals surface area (Å²) in [6.07, 6.45) is 2.16. The van der Waals surface area contributed by atoms with Gasteiger partial charge in [-0.2, -0.15) is 0 Å². The van der Waals surface area contributed by atoms with Gasteiger partial charge < -0.3 is 25.6 Å². The molecule has 1 aromatic heterocycles. The van der Waals surface area contributed by atoms with E-state index >= 15 is 0 Å². The number of nitrogens with one attached hydrogen (secondary N) is 1. The van der Waals surface area contributed by atoms with Gasteiger partial charge in [0.15, 0.2) is 0 Å². The van der Waals surface area contributed by atoms with Crippen molar-refractivity contribution in [2.45, 2.75) is 32.4 Å². The Morgan fingerprint density at radius 1 is 1.29 bits per heavy atom. The lowest BCUT2D eigenvalue weighted by molar-refractivity contribution is -0.383. The van der Waals surface area contributed by atoms with Crippen LogP contribution in [-0.2, 0) is 25.7 Å². The fourth-order valence-electron chi connectivity index (χ4n) is 3.92. The summed E-state index contributed by atoms with van der Waals surface area (Å²) in [5.41, 5.74) is 5.48. The highest BCUT2D eigenvalue weighted by Gasteiger charge is 2.38. The second-order valence-electron chi connectivity index (χ2n) is 7.81. The van der Waals surface area contributed by atoms with Gasteiger partial charge in [-0.15, -0.1) is 0 Å². The minimum Gasteiger partial charge on any atom is -0.465 e. The standard InChI is InChI=1S/C22H27N7O6/c1-2-35-18(31)13-27(12-15-7-4-3-5-8-15)20-19(29(33)34)21(26-14-25-20)28-10-6-9-16(28)22(32)24-11-17(23)30/h3-5,7-8,14,16H,2,6,9-13H2,1H3,(H2,23,30)(H,24,32). The molecule has 1 aliphatic heterocycles. The Morgan fingerprint density at radius 2 is 2.03 bits per heavy atom. The van der Waals surface area contributed by atoms with Crippen molar-refractivity contribution in [2.24, 2.45) is 5.73 Å². The molecular weight excluding hydrogens is 458 g/mol. The zero-order valence-electron chi connectivity index (χ0n) is 19.3. The van der Waals surface area contributed by atoms with E-state index in [2.05, 4.69) is 15.3 Å². The van der Waals surface area contributed by atoms with Crippen LogP contribution in [0.25, 0.3) is 0 Å². The molecule has 2 aromatic rings. The molecule has 13 nitrogen and oxygen atoms in total. The van der Waals surface area contributed by atoms with E-state index in [1.54, 1.807) is 6.92 Å². The van der Waals surface area contributed by atoms with Crippen molar-refractivity contribution in [3.63, 3.8) is 0 Å². The van der Waals surface area contributed by atoms with E-state index in [1.807, 2.05) is 30.3 Å². The molecule has 35 heavy (non-hydrogen) atoms. The van der Waals surface area contributed by atoms with Crippen LogP contribution in [0.15, 0.2) is 36.7 Å². The van der Waals surface area contributed by atoms with Gasteiger partial charge in [0.25, 0.3) is 0 Å². The Kier molecular flexibility index (Phi) is 8.48. The summed E-state index contributed by atoms with van der Waals surface area (Å²) >= 11 is 0. The number of aromatic nitrogens is 2. The van der Waals surface area contributed by atoms with Gasteiger partial charge in [0.2, 0.25) is 23.5 Å². The number of hydrogen-bond donors (Lipinski definition) is 2. The fourth-order valence-corrected chi connectivity index (χ4v) is 3.92. The van der Waals surface area contributed by atoms with Crippen LogP contribution in [0, 0.1) is 10.1 Å². The van der Waals surface area contributed by atoms with Crippen molar-refractivity contribution in [3.05, 3.63) is 52.3 Å². The Labute approximate surface area is 201 Å². The third-order valence-electron chi connectivity index (χ3n) is 5.37. The van der Waals surface area contributed by atoms with Crippen molar-refractivity contribution in [1.29, 1.82) is 0 Å². The highest BCUT2D eigenvalue weighted by atomic mass is 16.6. The molecule has 0 bridgehead atoms. The zero-order valence-corrected chi connectivity index (χ0v) is 19.3. The van der Waals surface area contributed by atoms with E-state index in [0.717, 1.165) is 11.9 Å². The molecule has 1 unspecified atom stereocenters. The largest absolute Gasteiger partial charge is 0.465 e. The molecular formula is C22H27N7O6. The highest BCUT2D eigenvalue weighted by Crippen LogP contribution is 2.38. The molecule has 1 aliphatic rings. The van der Waals surface area contributed by atoms with Crippen LogP contribution in [0.1, 0.15) is 25.3 Å². The molecule has 2 amide bonds. The van der Waals surface area contributed by atoms with Crippen molar-refractivity contribution >= 4 is 35.1 Å². The van der Waals surface area contributed by atoms with Gasteiger partial charge in [0.05, 0.1) is 18.1 Å². The average molecular weight is 486 g/mol. The summed E-state index contributed by atoms with van der Waals surface area (Å²) in [7, 11) is 0. The molecule has 13 heteroatoms. The molecule has 1 fully saturated rings. The smallest absolute Gasteiger partial charge is 0.353 e. The van der Waals surface area contributed by atoms with Gasteiger partial charge in [-0.3, -0.25) is 24.5 Å². The minimum absolute atomic E-state index is 0.0429. The van der Waals surface area contributed by atoms with Crippen LogP contribution < -0.4 is 20.9 Å². The predicted molar refractivity (Wildman–Crippen MR) is 125 cm³/mol. The summed E-state index contributed by atoms with van der Waals surface area (Å²) in [5, 5.41) is 14.7. The molecule has 2 heterocycles. The fraction of sp³-hybridized carbons (Fsp3) is 0.409. The number of esters is 1. The first-order valence-corrected chi connectivity index (χ1v) is 11.1. The average Bonchev–Trinajstić information content (AvgIpc) is 3.32. The Morgan fingerprint density at radius 3 is 2.69 bits per heavy atom. The van der Waals surface area contributed by atoms with Gasteiger partial charge in [-0.25, -0.2) is 9.97 Å². The van der Waals surface area contributed by atoms with Crippen molar-refractivity contribution in [2.75, 3.05) is 36.0 Å². The molecule has 3 N–H and O–H groups in total. The van der Waals surface area contributed by atoms with E-state index in [0.29, 0.717) is 19.4 Å². The number of carbonyl (C=O) groups excluding carboxylic acids is 3. The number of carbonyl (C=O) groups is 3. The van der Waals surface area contributed by atoms with E-state index < -0.39 is 34.4 Å². The monoisotopic (exact) mass is 485 g/mol. The molecule has 1 saturated heterocycles. The quantitative estimate of drug-likeness (QED) is 0.259. The van der Waals surface area contributed by atoms with Crippen LogP contribution in [0.4, 0.5) is 17.3 Å². The minimum atomic E-state index is -0.775. The number of amides is 2. The second-order valence-corrected chi connectivity index (χ2v) is 7.81. The number of benzene rings is 1. The lowest BCUT2D eigenvalue weighted by atomic mass is 10.2. The number of nitro groups is 1. The van der Waals surface area contributed by atoms with Crippen LogP contribution in [-0.4, -0.2) is 65.0 Å². The molecule has 0 spiro atoms. The summed E-state index contributed by atoms with van der Waals surface area (Å²) in [4.78, 5) is 58.9. The number of nitrogens with two attached hydrogens (primary N) is 1. The van der Waals surface area contributed by atoms with Crippen LogP contribution in [0.5, 0.6) is 0 Å². The highest BCUT2D eigenvalue weighted by molar-refractivity contribution is 5.90. The number of hydrogen-bond acceptors (Lipinski definition) is 10. The van der Waals surface area contributed by atoms with Crippen molar-refractivity contribution < 1.29 is 24.0 Å². The van der Waals surface area contributed by atoms with Crippen LogP contribution >= 0.6 is 0 Å². The number of nitrogens with zero attached hydrogens (tertiary/aromatic N) is 5. The maximum Gasteiger partial charge on any atom is 0.353 e. The maximum atomic E-state index is 12.6. The second kappa shape index (κ2) is 11.7. The van der Waals surface area contributed by atoms with E-state index in [4.69, 9.17) is 10.5 Å². The third-order valence-corrected chi connectivity index (χ3v) is 5.37. The summed E-state index contributed by atoms with van der Waals surface area (Å²) < 4.78 is 5.06. The Hall–Kier alpha value is -4.29. The normalized spacial score (nSPS) is 14.9. The topological polar surface area (TPSA) is 174 Å². The lowest BCUT2D eigenvalue weighted by Crippen LogP contribution is -2.46.